The average Bonchev–Trinajstić information content (AvgIpc) is 2.85. The number of anilines is 1. The second-order valence-electron chi connectivity index (χ2n) is 4.65. The minimum Gasteiger partial charge on any atom is -0.370 e. The third kappa shape index (κ3) is 2.25. The molecule has 0 radical (unpaired) electrons. The quantitative estimate of drug-likeness (QED) is 0.794. The predicted octanol–water partition coefficient (Wildman–Crippen LogP) is 3.80. The van der Waals surface area contributed by atoms with Gasteiger partial charge in [-0.1, -0.05) is 12.1 Å². The summed E-state index contributed by atoms with van der Waals surface area (Å²) in [6.07, 6.45) is 0. The third-order valence-corrected chi connectivity index (χ3v) is 3.90. The van der Waals surface area contributed by atoms with E-state index in [9.17, 15) is 0 Å². The lowest BCUT2D eigenvalue weighted by Crippen LogP contribution is -2.04. The van der Waals surface area contributed by atoms with E-state index in [1.165, 1.54) is 5.56 Å². The van der Waals surface area contributed by atoms with Crippen LogP contribution in [0.25, 0.3) is 22.4 Å². The molecule has 0 aliphatic carbocycles. The van der Waals surface area contributed by atoms with Crippen LogP contribution >= 0.6 is 11.3 Å². The molecule has 1 aromatic carbocycles. The molecule has 0 aliphatic rings. The van der Waals surface area contributed by atoms with E-state index < -0.39 is 0 Å². The topological polar surface area (TPSA) is 50.7 Å². The van der Waals surface area contributed by atoms with E-state index in [2.05, 4.69) is 40.2 Å². The molecule has 20 heavy (non-hydrogen) atoms. The summed E-state index contributed by atoms with van der Waals surface area (Å²) >= 11 is 1.62. The number of fused-ring (bicyclic) bond motifs is 1. The van der Waals surface area contributed by atoms with Crippen LogP contribution in [0.5, 0.6) is 0 Å². The summed E-state index contributed by atoms with van der Waals surface area (Å²) in [7, 11) is 0. The second kappa shape index (κ2) is 5.17. The van der Waals surface area contributed by atoms with Crippen molar-refractivity contribution in [1.29, 1.82) is 0 Å². The molecule has 2 heterocycles. The third-order valence-electron chi connectivity index (χ3n) is 3.12. The van der Waals surface area contributed by atoms with E-state index >= 15 is 0 Å². The molecule has 0 amide bonds. The minimum atomic E-state index is 0.684. The van der Waals surface area contributed by atoms with Gasteiger partial charge in [0.2, 0.25) is 0 Å². The highest BCUT2D eigenvalue weighted by Crippen LogP contribution is 2.27. The summed E-state index contributed by atoms with van der Waals surface area (Å²) in [5, 5.41) is 7.45. The molecule has 0 atom stereocenters. The van der Waals surface area contributed by atoms with E-state index in [0.29, 0.717) is 5.82 Å². The monoisotopic (exact) mass is 284 g/mol. The van der Waals surface area contributed by atoms with Gasteiger partial charge in [0.05, 0.1) is 10.5 Å². The van der Waals surface area contributed by atoms with Crippen molar-refractivity contribution in [2.45, 2.75) is 20.8 Å². The van der Waals surface area contributed by atoms with Crippen LogP contribution in [0, 0.1) is 13.8 Å². The standard InChI is InChI=1S/C15H16N4S/c1-4-16-15-13-9(2)6-5-7-11(13)18-14(19-15)12-8-20-10(3)17-12/h5-8H,4H2,1-3H3,(H,16,18,19). The molecule has 0 spiro atoms. The number of aryl methyl sites for hydroxylation is 2. The zero-order valence-corrected chi connectivity index (χ0v) is 12.6. The number of nitrogens with zero attached hydrogens (tertiary/aromatic N) is 3. The van der Waals surface area contributed by atoms with Gasteiger partial charge in [0.1, 0.15) is 11.5 Å². The molecule has 1 N–H and O–H groups in total. The molecule has 2 aromatic heterocycles. The smallest absolute Gasteiger partial charge is 0.181 e. The maximum absolute atomic E-state index is 4.66. The fraction of sp³-hybridized carbons (Fsp3) is 0.267. The molecule has 3 aromatic rings. The molecular weight excluding hydrogens is 268 g/mol. The first-order chi connectivity index (χ1) is 9.69. The number of benzene rings is 1. The number of nitrogens with one attached hydrogen (secondary N) is 1. The summed E-state index contributed by atoms with van der Waals surface area (Å²) in [6.45, 7) is 6.97. The van der Waals surface area contributed by atoms with Gasteiger partial charge < -0.3 is 5.32 Å². The maximum Gasteiger partial charge on any atom is 0.181 e. The van der Waals surface area contributed by atoms with Crippen molar-refractivity contribution < 1.29 is 0 Å². The van der Waals surface area contributed by atoms with Crippen LogP contribution in [-0.4, -0.2) is 21.5 Å². The van der Waals surface area contributed by atoms with Crippen molar-refractivity contribution in [3.63, 3.8) is 0 Å². The Morgan fingerprint density at radius 3 is 2.70 bits per heavy atom. The van der Waals surface area contributed by atoms with Crippen molar-refractivity contribution in [3.8, 4) is 11.5 Å². The molecule has 5 heteroatoms. The van der Waals surface area contributed by atoms with E-state index in [4.69, 9.17) is 0 Å². The highest BCUT2D eigenvalue weighted by Gasteiger charge is 2.12. The maximum atomic E-state index is 4.66. The molecule has 0 aliphatic heterocycles. The Kier molecular flexibility index (Phi) is 3.36. The highest BCUT2D eigenvalue weighted by molar-refractivity contribution is 7.09. The average molecular weight is 284 g/mol. The second-order valence-corrected chi connectivity index (χ2v) is 5.71. The predicted molar refractivity (Wildman–Crippen MR) is 84.3 cm³/mol. The molecule has 0 unspecified atom stereocenters. The van der Waals surface area contributed by atoms with Crippen LogP contribution in [0.15, 0.2) is 23.6 Å². The van der Waals surface area contributed by atoms with Gasteiger partial charge in [0, 0.05) is 17.3 Å². The molecule has 0 bridgehead atoms. The van der Waals surface area contributed by atoms with Crippen molar-refractivity contribution in [2.75, 3.05) is 11.9 Å². The molecule has 102 valence electrons. The molecule has 0 fully saturated rings. The number of aromatic nitrogens is 3. The van der Waals surface area contributed by atoms with Gasteiger partial charge in [0.15, 0.2) is 5.82 Å². The Labute approximate surface area is 121 Å². The van der Waals surface area contributed by atoms with Crippen molar-refractivity contribution in [3.05, 3.63) is 34.2 Å². The fourth-order valence-electron chi connectivity index (χ4n) is 2.23. The summed E-state index contributed by atoms with van der Waals surface area (Å²) < 4.78 is 0. The van der Waals surface area contributed by atoms with Crippen molar-refractivity contribution in [2.24, 2.45) is 0 Å². The molecule has 0 saturated carbocycles. The summed E-state index contributed by atoms with van der Waals surface area (Å²) in [5.41, 5.74) is 2.98. The summed E-state index contributed by atoms with van der Waals surface area (Å²) in [5.74, 6) is 1.57. The first-order valence-corrected chi connectivity index (χ1v) is 7.50. The fourth-order valence-corrected chi connectivity index (χ4v) is 2.82. The van der Waals surface area contributed by atoms with Crippen LogP contribution in [0.1, 0.15) is 17.5 Å². The number of rotatable bonds is 3. The first kappa shape index (κ1) is 13.0. The van der Waals surface area contributed by atoms with Crippen LogP contribution in [0.2, 0.25) is 0 Å². The molecule has 3 rings (SSSR count). The SMILES string of the molecule is CCNc1nc(-c2csc(C)n2)nc2cccc(C)c12. The lowest BCUT2D eigenvalue weighted by molar-refractivity contribution is 1.13. The zero-order chi connectivity index (χ0) is 14.1. The van der Waals surface area contributed by atoms with Gasteiger partial charge in [-0.3, -0.25) is 0 Å². The van der Waals surface area contributed by atoms with Gasteiger partial charge >= 0.3 is 0 Å². The van der Waals surface area contributed by atoms with Crippen molar-refractivity contribution in [1.82, 2.24) is 15.0 Å². The molecule has 4 nitrogen and oxygen atoms in total. The lowest BCUT2D eigenvalue weighted by atomic mass is 10.1. The molecule has 0 saturated heterocycles. The number of hydrogen-bond donors (Lipinski definition) is 1. The van der Waals surface area contributed by atoms with Crippen LogP contribution in [0.4, 0.5) is 5.82 Å². The Morgan fingerprint density at radius 2 is 2.00 bits per heavy atom. The van der Waals surface area contributed by atoms with Gasteiger partial charge in [-0.25, -0.2) is 15.0 Å². The van der Waals surface area contributed by atoms with Crippen LogP contribution in [0.3, 0.4) is 0 Å². The summed E-state index contributed by atoms with van der Waals surface area (Å²) in [6, 6.07) is 6.13. The van der Waals surface area contributed by atoms with Gasteiger partial charge in [0.25, 0.3) is 0 Å². The van der Waals surface area contributed by atoms with E-state index in [0.717, 1.165) is 34.0 Å². The van der Waals surface area contributed by atoms with E-state index in [-0.39, 0.29) is 0 Å². The Morgan fingerprint density at radius 1 is 1.15 bits per heavy atom. The number of hydrogen-bond acceptors (Lipinski definition) is 5. The normalized spacial score (nSPS) is 10.9. The Hall–Kier alpha value is -2.01. The summed E-state index contributed by atoms with van der Waals surface area (Å²) in [4.78, 5) is 13.8. The van der Waals surface area contributed by atoms with Gasteiger partial charge in [-0.15, -0.1) is 11.3 Å². The van der Waals surface area contributed by atoms with E-state index in [1.807, 2.05) is 24.4 Å². The first-order valence-electron chi connectivity index (χ1n) is 6.62. The number of thiazole rings is 1. The van der Waals surface area contributed by atoms with Crippen LogP contribution < -0.4 is 5.32 Å². The largest absolute Gasteiger partial charge is 0.370 e. The van der Waals surface area contributed by atoms with Crippen molar-refractivity contribution >= 4 is 28.1 Å². The Balaban J connectivity index is 2.25. The zero-order valence-electron chi connectivity index (χ0n) is 11.8. The Bertz CT molecular complexity index is 764. The highest BCUT2D eigenvalue weighted by atomic mass is 32.1. The van der Waals surface area contributed by atoms with E-state index in [1.54, 1.807) is 11.3 Å². The van der Waals surface area contributed by atoms with Gasteiger partial charge in [-0.05, 0) is 32.4 Å². The lowest BCUT2D eigenvalue weighted by Gasteiger charge is -2.10. The van der Waals surface area contributed by atoms with Crippen LogP contribution in [-0.2, 0) is 0 Å². The minimum absolute atomic E-state index is 0.684. The van der Waals surface area contributed by atoms with Gasteiger partial charge in [-0.2, -0.15) is 0 Å². The molecular formula is C15H16N4S.